The van der Waals surface area contributed by atoms with Crippen molar-refractivity contribution in [2.45, 2.75) is 35.3 Å². The SMILES string of the molecule is O=[N+]([O-])c1ccc(CSc2ncnc3c2ncn3C2O[C@H](CO)[C@@H](O)[C@H]2O)cc1. The second kappa shape index (κ2) is 8.00. The van der Waals surface area contributed by atoms with E-state index in [1.165, 1.54) is 41.1 Å². The Balaban J connectivity index is 1.55. The predicted molar refractivity (Wildman–Crippen MR) is 101 cm³/mol. The molecule has 3 heterocycles. The number of fused-ring (bicyclic) bond motifs is 1. The van der Waals surface area contributed by atoms with Crippen LogP contribution in [-0.4, -0.2) is 64.7 Å². The normalized spacial score (nSPS) is 24.2. The molecule has 2 aromatic heterocycles. The number of non-ortho nitro benzene ring substituents is 1. The van der Waals surface area contributed by atoms with Crippen LogP contribution in [0.25, 0.3) is 11.2 Å². The largest absolute Gasteiger partial charge is 0.394 e. The third kappa shape index (κ3) is 3.68. The molecule has 1 fully saturated rings. The Hall–Kier alpha value is -2.64. The fourth-order valence-corrected chi connectivity index (χ4v) is 4.00. The van der Waals surface area contributed by atoms with Gasteiger partial charge in [-0.1, -0.05) is 23.9 Å². The predicted octanol–water partition coefficient (Wildman–Crippen LogP) is 0.638. The molecule has 0 aliphatic carbocycles. The molecule has 1 aliphatic heterocycles. The van der Waals surface area contributed by atoms with Crippen LogP contribution in [0, 0.1) is 10.1 Å². The fourth-order valence-electron chi connectivity index (χ4n) is 3.10. The van der Waals surface area contributed by atoms with Gasteiger partial charge in [-0.15, -0.1) is 0 Å². The molecule has 12 heteroatoms. The molecule has 1 aliphatic rings. The van der Waals surface area contributed by atoms with E-state index < -0.39 is 36.1 Å². The van der Waals surface area contributed by atoms with Gasteiger partial charge in [0.1, 0.15) is 35.2 Å². The fraction of sp³-hybridized carbons (Fsp3) is 0.353. The molecular formula is C17H17N5O6S. The van der Waals surface area contributed by atoms with Crippen LogP contribution in [0.15, 0.2) is 41.9 Å². The van der Waals surface area contributed by atoms with Crippen molar-refractivity contribution in [3.8, 4) is 0 Å². The Morgan fingerprint density at radius 3 is 2.59 bits per heavy atom. The summed E-state index contributed by atoms with van der Waals surface area (Å²) in [6.45, 7) is -0.424. The van der Waals surface area contributed by atoms with Gasteiger partial charge >= 0.3 is 0 Å². The van der Waals surface area contributed by atoms with Gasteiger partial charge in [-0.3, -0.25) is 14.7 Å². The molecule has 0 amide bonds. The van der Waals surface area contributed by atoms with Gasteiger partial charge in [0.25, 0.3) is 5.69 Å². The number of rotatable bonds is 6. The first-order valence-corrected chi connectivity index (χ1v) is 9.64. The van der Waals surface area contributed by atoms with Crippen LogP contribution < -0.4 is 0 Å². The van der Waals surface area contributed by atoms with Gasteiger partial charge in [0.15, 0.2) is 11.9 Å². The molecule has 3 aromatic rings. The minimum Gasteiger partial charge on any atom is -0.394 e. The number of nitrogens with zero attached hydrogens (tertiary/aromatic N) is 5. The summed E-state index contributed by atoms with van der Waals surface area (Å²) in [6, 6.07) is 6.26. The highest BCUT2D eigenvalue weighted by atomic mass is 32.2. The summed E-state index contributed by atoms with van der Waals surface area (Å²) >= 11 is 1.39. The highest BCUT2D eigenvalue weighted by Crippen LogP contribution is 2.33. The number of nitro benzene ring substituents is 1. The number of aliphatic hydroxyl groups excluding tert-OH is 3. The van der Waals surface area contributed by atoms with Crippen molar-refractivity contribution < 1.29 is 25.0 Å². The monoisotopic (exact) mass is 419 g/mol. The zero-order valence-electron chi connectivity index (χ0n) is 14.9. The van der Waals surface area contributed by atoms with E-state index in [0.717, 1.165) is 5.56 Å². The molecule has 0 spiro atoms. The quantitative estimate of drug-likeness (QED) is 0.224. The van der Waals surface area contributed by atoms with Crippen molar-refractivity contribution in [2.75, 3.05) is 6.61 Å². The summed E-state index contributed by atoms with van der Waals surface area (Å²) in [5.74, 6) is 0.519. The van der Waals surface area contributed by atoms with Gasteiger partial charge in [-0.05, 0) is 5.56 Å². The zero-order valence-corrected chi connectivity index (χ0v) is 15.7. The van der Waals surface area contributed by atoms with E-state index >= 15 is 0 Å². The molecular weight excluding hydrogens is 402 g/mol. The molecule has 4 rings (SSSR count). The van der Waals surface area contributed by atoms with Crippen LogP contribution >= 0.6 is 11.8 Å². The summed E-state index contributed by atoms with van der Waals surface area (Å²) in [4.78, 5) is 23.1. The van der Waals surface area contributed by atoms with Gasteiger partial charge in [-0.25, -0.2) is 15.0 Å². The van der Waals surface area contributed by atoms with E-state index in [9.17, 15) is 25.4 Å². The van der Waals surface area contributed by atoms with Crippen LogP contribution in [0.1, 0.15) is 11.8 Å². The summed E-state index contributed by atoms with van der Waals surface area (Å²) in [5, 5.41) is 40.8. The van der Waals surface area contributed by atoms with E-state index in [-0.39, 0.29) is 5.69 Å². The van der Waals surface area contributed by atoms with E-state index in [0.29, 0.717) is 21.9 Å². The third-order valence-electron chi connectivity index (χ3n) is 4.64. The standard InChI is InChI=1S/C17H17N5O6S/c23-5-11-13(24)14(25)17(28-11)21-8-20-12-15(21)18-7-19-16(12)29-6-9-1-3-10(4-2-9)22(26)27/h1-4,7-8,11,13-14,17,23-25H,5-6H2/t11-,13-,14-,17?/m1/s1. The lowest BCUT2D eigenvalue weighted by Gasteiger charge is -2.16. The topological polar surface area (TPSA) is 157 Å². The van der Waals surface area contributed by atoms with Crippen molar-refractivity contribution in [1.29, 1.82) is 0 Å². The van der Waals surface area contributed by atoms with Crippen molar-refractivity contribution in [2.24, 2.45) is 0 Å². The molecule has 1 saturated heterocycles. The lowest BCUT2D eigenvalue weighted by atomic mass is 10.1. The maximum absolute atomic E-state index is 10.7. The summed E-state index contributed by atoms with van der Waals surface area (Å²) in [7, 11) is 0. The average molecular weight is 419 g/mol. The number of hydrogen-bond donors (Lipinski definition) is 3. The Morgan fingerprint density at radius 1 is 1.17 bits per heavy atom. The number of imidazole rings is 1. The number of nitro groups is 1. The lowest BCUT2D eigenvalue weighted by molar-refractivity contribution is -0.384. The van der Waals surface area contributed by atoms with Gasteiger partial charge < -0.3 is 20.1 Å². The van der Waals surface area contributed by atoms with E-state index in [1.54, 1.807) is 12.1 Å². The number of ether oxygens (including phenoxy) is 1. The van der Waals surface area contributed by atoms with Gasteiger partial charge in [0, 0.05) is 17.9 Å². The van der Waals surface area contributed by atoms with E-state index in [1.807, 2.05) is 0 Å². The van der Waals surface area contributed by atoms with Crippen molar-refractivity contribution in [1.82, 2.24) is 19.5 Å². The Bertz CT molecular complexity index is 1030. The number of hydrogen-bond acceptors (Lipinski definition) is 10. The Kier molecular flexibility index (Phi) is 5.43. The average Bonchev–Trinajstić information content (AvgIpc) is 3.28. The zero-order chi connectivity index (χ0) is 20.5. The number of aromatic nitrogens is 4. The molecule has 1 aromatic carbocycles. The van der Waals surface area contributed by atoms with Crippen LogP contribution in [0.3, 0.4) is 0 Å². The van der Waals surface area contributed by atoms with Crippen LogP contribution in [-0.2, 0) is 10.5 Å². The first kappa shape index (κ1) is 19.7. The number of aliphatic hydroxyl groups is 3. The molecule has 0 saturated carbocycles. The minimum absolute atomic E-state index is 0.0282. The highest BCUT2D eigenvalue weighted by molar-refractivity contribution is 7.98. The molecule has 152 valence electrons. The van der Waals surface area contributed by atoms with Crippen molar-refractivity contribution in [3.05, 3.63) is 52.6 Å². The van der Waals surface area contributed by atoms with Crippen LogP contribution in [0.2, 0.25) is 0 Å². The van der Waals surface area contributed by atoms with E-state index in [4.69, 9.17) is 4.74 Å². The maximum atomic E-state index is 10.7. The van der Waals surface area contributed by atoms with Gasteiger partial charge in [0.2, 0.25) is 0 Å². The maximum Gasteiger partial charge on any atom is 0.269 e. The molecule has 0 bridgehead atoms. The number of benzene rings is 1. The highest BCUT2D eigenvalue weighted by Gasteiger charge is 2.44. The molecule has 0 radical (unpaired) electrons. The van der Waals surface area contributed by atoms with Gasteiger partial charge in [0.05, 0.1) is 17.9 Å². The first-order valence-electron chi connectivity index (χ1n) is 8.65. The first-order chi connectivity index (χ1) is 14.0. The van der Waals surface area contributed by atoms with Gasteiger partial charge in [-0.2, -0.15) is 0 Å². The Labute approximate surface area is 168 Å². The molecule has 4 atom stereocenters. The molecule has 1 unspecified atom stereocenters. The second-order valence-electron chi connectivity index (χ2n) is 6.44. The molecule has 11 nitrogen and oxygen atoms in total. The summed E-state index contributed by atoms with van der Waals surface area (Å²) in [5.41, 5.74) is 1.83. The minimum atomic E-state index is -1.24. The summed E-state index contributed by atoms with van der Waals surface area (Å²) in [6.07, 6.45) is -1.49. The van der Waals surface area contributed by atoms with Crippen molar-refractivity contribution in [3.63, 3.8) is 0 Å². The van der Waals surface area contributed by atoms with Crippen LogP contribution in [0.5, 0.6) is 0 Å². The molecule has 3 N–H and O–H groups in total. The molecule has 29 heavy (non-hydrogen) atoms. The Morgan fingerprint density at radius 2 is 1.93 bits per heavy atom. The van der Waals surface area contributed by atoms with Crippen LogP contribution in [0.4, 0.5) is 5.69 Å². The number of thioether (sulfide) groups is 1. The van der Waals surface area contributed by atoms with Crippen molar-refractivity contribution >= 4 is 28.6 Å². The second-order valence-corrected chi connectivity index (χ2v) is 7.41. The smallest absolute Gasteiger partial charge is 0.269 e. The summed E-state index contributed by atoms with van der Waals surface area (Å²) < 4.78 is 7.03. The third-order valence-corrected chi connectivity index (χ3v) is 5.69. The lowest BCUT2D eigenvalue weighted by Crippen LogP contribution is -2.33. The van der Waals surface area contributed by atoms with E-state index in [2.05, 4.69) is 15.0 Å².